The van der Waals surface area contributed by atoms with E-state index in [2.05, 4.69) is 0 Å². The molecule has 6 nitrogen and oxygen atoms in total. The van der Waals surface area contributed by atoms with Crippen LogP contribution in [-0.4, -0.2) is 15.1 Å². The van der Waals surface area contributed by atoms with Gasteiger partial charge in [0.05, 0.1) is 16.7 Å². The summed E-state index contributed by atoms with van der Waals surface area (Å²) in [5.74, 6) is -3.02. The zero-order valence-electron chi connectivity index (χ0n) is 11.3. The molecule has 0 atom stereocenters. The maximum Gasteiger partial charge on any atom is 0.340 e. The fourth-order valence-electron chi connectivity index (χ4n) is 1.99. The van der Waals surface area contributed by atoms with Gasteiger partial charge in [-0.2, -0.15) is 8.78 Å². The number of alkyl halides is 2. The Kier molecular flexibility index (Phi) is 4.33. The molecule has 0 radical (unpaired) electrons. The summed E-state index contributed by atoms with van der Waals surface area (Å²) >= 11 is 5.52. The Balaban J connectivity index is 2.91. The van der Waals surface area contributed by atoms with Gasteiger partial charge in [0, 0.05) is 17.3 Å². The summed E-state index contributed by atoms with van der Waals surface area (Å²) in [6, 6.07) is 1.81. The molecule has 0 fully saturated rings. The van der Waals surface area contributed by atoms with Crippen LogP contribution in [0.5, 0.6) is 0 Å². The van der Waals surface area contributed by atoms with Gasteiger partial charge in [-0.1, -0.05) is 11.6 Å². The molecule has 0 spiro atoms. The number of carbonyl (C=O) groups is 1. The lowest BCUT2D eigenvalue weighted by Gasteiger charge is -2.14. The molecular weight excluding hydrogens is 341 g/mol. The standard InChI is InChI=1S/C13H8ClF3N2O4/c1-5-2-10(20)19(13(23)18(5)12(16)17)9-3-6(11(21)22)7(14)4-8(9)15/h2-4,12H,1H3,(H,21,22)/p-1. The fourth-order valence-corrected chi connectivity index (χ4v) is 2.22. The minimum atomic E-state index is -3.27. The summed E-state index contributed by atoms with van der Waals surface area (Å²) in [6.45, 7) is -2.17. The second kappa shape index (κ2) is 5.92. The molecular formula is C13H7ClF3N2O4-. The Morgan fingerprint density at radius 2 is 1.87 bits per heavy atom. The number of carboxylic acid groups (broad SMARTS) is 1. The molecule has 122 valence electrons. The van der Waals surface area contributed by atoms with E-state index in [0.717, 1.165) is 6.92 Å². The lowest BCUT2D eigenvalue weighted by molar-refractivity contribution is -0.255. The minimum absolute atomic E-state index is 0.0336. The topological polar surface area (TPSA) is 84.1 Å². The van der Waals surface area contributed by atoms with Crippen molar-refractivity contribution in [3.8, 4) is 5.69 Å². The zero-order chi connectivity index (χ0) is 17.5. The van der Waals surface area contributed by atoms with Crippen molar-refractivity contribution in [2.45, 2.75) is 13.5 Å². The number of carbonyl (C=O) groups excluding carboxylic acids is 1. The number of hydrogen-bond donors (Lipinski definition) is 0. The van der Waals surface area contributed by atoms with Gasteiger partial charge in [-0.3, -0.25) is 4.79 Å². The monoisotopic (exact) mass is 347 g/mol. The lowest BCUT2D eigenvalue weighted by Crippen LogP contribution is -2.40. The van der Waals surface area contributed by atoms with Crippen LogP contribution in [0, 0.1) is 12.7 Å². The third-order valence-electron chi connectivity index (χ3n) is 3.02. The van der Waals surface area contributed by atoms with Crippen LogP contribution in [0.2, 0.25) is 5.02 Å². The molecule has 2 aromatic rings. The van der Waals surface area contributed by atoms with Crippen LogP contribution >= 0.6 is 11.6 Å². The summed E-state index contributed by atoms with van der Waals surface area (Å²) < 4.78 is 39.9. The summed E-state index contributed by atoms with van der Waals surface area (Å²) in [4.78, 5) is 34.9. The van der Waals surface area contributed by atoms with Crippen LogP contribution in [0.25, 0.3) is 5.69 Å². The van der Waals surface area contributed by atoms with E-state index in [0.29, 0.717) is 18.2 Å². The first-order chi connectivity index (χ1) is 10.6. The molecule has 1 heterocycles. The van der Waals surface area contributed by atoms with Crippen LogP contribution in [0.15, 0.2) is 27.8 Å². The van der Waals surface area contributed by atoms with Crippen molar-refractivity contribution in [3.63, 3.8) is 0 Å². The van der Waals surface area contributed by atoms with E-state index in [1.54, 1.807) is 0 Å². The molecule has 0 saturated carbocycles. The first-order valence-electron chi connectivity index (χ1n) is 5.99. The van der Waals surface area contributed by atoms with Crippen LogP contribution in [0.1, 0.15) is 22.6 Å². The molecule has 0 aliphatic carbocycles. The largest absolute Gasteiger partial charge is 0.545 e. The van der Waals surface area contributed by atoms with Crippen molar-refractivity contribution < 1.29 is 23.1 Å². The van der Waals surface area contributed by atoms with E-state index < -0.39 is 45.9 Å². The van der Waals surface area contributed by atoms with Gasteiger partial charge in [0.1, 0.15) is 5.82 Å². The predicted molar refractivity (Wildman–Crippen MR) is 71.6 cm³/mol. The van der Waals surface area contributed by atoms with Gasteiger partial charge in [0.25, 0.3) is 5.56 Å². The maximum absolute atomic E-state index is 14.0. The van der Waals surface area contributed by atoms with E-state index in [1.807, 2.05) is 0 Å². The highest BCUT2D eigenvalue weighted by Crippen LogP contribution is 2.22. The Labute approximate surface area is 131 Å². The fraction of sp³-hybridized carbons (Fsp3) is 0.154. The SMILES string of the molecule is Cc1cc(=O)n(-c2cc(C(=O)[O-])c(Cl)cc2F)c(=O)n1C(F)F. The Bertz CT molecular complexity index is 921. The number of aromatic carboxylic acids is 1. The zero-order valence-corrected chi connectivity index (χ0v) is 12.1. The number of nitrogens with zero attached hydrogens (tertiary/aromatic N) is 2. The molecule has 23 heavy (non-hydrogen) atoms. The number of benzene rings is 1. The number of aryl methyl sites for hydroxylation is 1. The lowest BCUT2D eigenvalue weighted by atomic mass is 10.2. The predicted octanol–water partition coefficient (Wildman–Crippen LogP) is 0.859. The van der Waals surface area contributed by atoms with Crippen LogP contribution in [-0.2, 0) is 0 Å². The van der Waals surface area contributed by atoms with E-state index in [9.17, 15) is 32.7 Å². The molecule has 1 aromatic heterocycles. The number of carboxylic acids is 1. The van der Waals surface area contributed by atoms with Crippen molar-refractivity contribution in [1.29, 1.82) is 0 Å². The normalized spacial score (nSPS) is 11.0. The molecule has 0 amide bonds. The van der Waals surface area contributed by atoms with Crippen molar-refractivity contribution in [3.05, 3.63) is 61.1 Å². The van der Waals surface area contributed by atoms with E-state index >= 15 is 0 Å². The van der Waals surface area contributed by atoms with E-state index in [4.69, 9.17) is 11.6 Å². The molecule has 1 aromatic carbocycles. The van der Waals surface area contributed by atoms with E-state index in [-0.39, 0.29) is 14.8 Å². The van der Waals surface area contributed by atoms with Crippen molar-refractivity contribution in [2.75, 3.05) is 0 Å². The van der Waals surface area contributed by atoms with Gasteiger partial charge in [0.2, 0.25) is 0 Å². The average Bonchev–Trinajstić information content (AvgIpc) is 2.39. The van der Waals surface area contributed by atoms with Crippen molar-refractivity contribution in [1.82, 2.24) is 9.13 Å². The molecule has 0 aliphatic heterocycles. The Hall–Kier alpha value is -2.55. The van der Waals surface area contributed by atoms with Crippen LogP contribution < -0.4 is 16.4 Å². The van der Waals surface area contributed by atoms with Crippen molar-refractivity contribution >= 4 is 17.6 Å². The van der Waals surface area contributed by atoms with Crippen LogP contribution in [0.3, 0.4) is 0 Å². The number of halogens is 4. The summed E-state index contributed by atoms with van der Waals surface area (Å²) in [5.41, 5.74) is -4.47. The van der Waals surface area contributed by atoms with Gasteiger partial charge >= 0.3 is 12.2 Å². The first kappa shape index (κ1) is 16.8. The van der Waals surface area contributed by atoms with Gasteiger partial charge in [-0.25, -0.2) is 18.3 Å². The van der Waals surface area contributed by atoms with E-state index in [1.165, 1.54) is 0 Å². The third kappa shape index (κ3) is 2.87. The Morgan fingerprint density at radius 3 is 2.39 bits per heavy atom. The highest BCUT2D eigenvalue weighted by Gasteiger charge is 2.20. The minimum Gasteiger partial charge on any atom is -0.545 e. The molecule has 2 rings (SSSR count). The quantitative estimate of drug-likeness (QED) is 0.824. The van der Waals surface area contributed by atoms with Gasteiger partial charge in [0.15, 0.2) is 0 Å². The number of aromatic nitrogens is 2. The van der Waals surface area contributed by atoms with Gasteiger partial charge in [-0.05, 0) is 19.1 Å². The maximum atomic E-state index is 14.0. The molecule has 10 heteroatoms. The average molecular weight is 348 g/mol. The first-order valence-corrected chi connectivity index (χ1v) is 6.37. The smallest absolute Gasteiger partial charge is 0.340 e. The summed E-state index contributed by atoms with van der Waals surface area (Å²) in [7, 11) is 0. The van der Waals surface area contributed by atoms with Gasteiger partial charge < -0.3 is 9.90 Å². The summed E-state index contributed by atoms with van der Waals surface area (Å²) in [6.07, 6.45) is 0. The second-order valence-corrected chi connectivity index (χ2v) is 4.87. The highest BCUT2D eigenvalue weighted by molar-refractivity contribution is 6.33. The number of hydrogen-bond acceptors (Lipinski definition) is 4. The molecule has 0 N–H and O–H groups in total. The summed E-state index contributed by atoms with van der Waals surface area (Å²) in [5, 5.41) is 10.4. The van der Waals surface area contributed by atoms with Gasteiger partial charge in [-0.15, -0.1) is 0 Å². The number of rotatable bonds is 3. The molecule has 0 aliphatic rings. The molecule has 0 bridgehead atoms. The molecule has 0 unspecified atom stereocenters. The third-order valence-corrected chi connectivity index (χ3v) is 3.34. The second-order valence-electron chi connectivity index (χ2n) is 4.46. The molecule has 0 saturated heterocycles. The Morgan fingerprint density at radius 1 is 1.26 bits per heavy atom. The van der Waals surface area contributed by atoms with Crippen molar-refractivity contribution in [2.24, 2.45) is 0 Å². The highest BCUT2D eigenvalue weighted by atomic mass is 35.5. The van der Waals surface area contributed by atoms with Crippen LogP contribution in [0.4, 0.5) is 13.2 Å².